The van der Waals surface area contributed by atoms with E-state index in [2.05, 4.69) is 28.5 Å². The lowest BCUT2D eigenvalue weighted by molar-refractivity contribution is -0.123. The van der Waals surface area contributed by atoms with Gasteiger partial charge >= 0.3 is 0 Å². The van der Waals surface area contributed by atoms with E-state index in [-0.39, 0.29) is 12.5 Å². The maximum absolute atomic E-state index is 12.5. The molecule has 2 aromatic heterocycles. The van der Waals surface area contributed by atoms with Crippen molar-refractivity contribution in [2.75, 3.05) is 13.1 Å². The van der Waals surface area contributed by atoms with Crippen LogP contribution in [0.5, 0.6) is 0 Å². The van der Waals surface area contributed by atoms with Crippen molar-refractivity contribution in [1.82, 2.24) is 20.4 Å². The zero-order valence-electron chi connectivity index (χ0n) is 14.9. The summed E-state index contributed by atoms with van der Waals surface area (Å²) < 4.78 is 5.72. The lowest BCUT2D eigenvalue weighted by Gasteiger charge is -2.25. The summed E-state index contributed by atoms with van der Waals surface area (Å²) in [6.45, 7) is 3.43. The molecule has 0 atom stereocenters. The van der Waals surface area contributed by atoms with Gasteiger partial charge in [0.15, 0.2) is 0 Å². The van der Waals surface area contributed by atoms with Gasteiger partial charge in [0.25, 0.3) is 5.89 Å². The Hall–Kier alpha value is -2.24. The molecule has 0 unspecified atom stereocenters. The Morgan fingerprint density at radius 1 is 1.46 bits per heavy atom. The molecule has 0 aliphatic heterocycles. The van der Waals surface area contributed by atoms with Gasteiger partial charge in [0.2, 0.25) is 11.8 Å². The van der Waals surface area contributed by atoms with Crippen molar-refractivity contribution in [1.29, 1.82) is 5.26 Å². The minimum atomic E-state index is -0.689. The zero-order chi connectivity index (χ0) is 18.4. The molecule has 1 saturated carbocycles. The standard InChI is InChI=1S/C18H23N5O2S/c1-2-9-23(11-15(24)20-18(13-19)7-3-4-8-18)12-16-21-22-17(25-16)14-6-5-10-26-14/h5-6,10H,2-4,7-9,11-12H2,1H3,(H,20,24). The van der Waals surface area contributed by atoms with Crippen molar-refractivity contribution in [2.45, 2.75) is 51.1 Å². The number of amides is 1. The number of aromatic nitrogens is 2. The molecule has 1 N–H and O–H groups in total. The van der Waals surface area contributed by atoms with Crippen molar-refractivity contribution in [2.24, 2.45) is 0 Å². The van der Waals surface area contributed by atoms with Crippen LogP contribution in [0.3, 0.4) is 0 Å². The van der Waals surface area contributed by atoms with E-state index in [1.807, 2.05) is 22.4 Å². The number of carbonyl (C=O) groups excluding carboxylic acids is 1. The Labute approximate surface area is 157 Å². The van der Waals surface area contributed by atoms with Crippen molar-refractivity contribution in [3.8, 4) is 16.8 Å². The molecule has 0 saturated heterocycles. The van der Waals surface area contributed by atoms with Crippen LogP contribution in [0.25, 0.3) is 10.8 Å². The molecule has 1 aliphatic carbocycles. The summed E-state index contributed by atoms with van der Waals surface area (Å²) in [5, 5.41) is 22.5. The summed E-state index contributed by atoms with van der Waals surface area (Å²) in [5.74, 6) is 0.871. The highest BCUT2D eigenvalue weighted by Crippen LogP contribution is 2.29. The highest BCUT2D eigenvalue weighted by molar-refractivity contribution is 7.13. The average molecular weight is 373 g/mol. The van der Waals surface area contributed by atoms with Gasteiger partial charge in [0, 0.05) is 0 Å². The first-order chi connectivity index (χ1) is 12.6. The molecule has 1 fully saturated rings. The lowest BCUT2D eigenvalue weighted by Crippen LogP contribution is -2.49. The van der Waals surface area contributed by atoms with Gasteiger partial charge in [-0.2, -0.15) is 5.26 Å². The maximum atomic E-state index is 12.5. The summed E-state index contributed by atoms with van der Waals surface area (Å²) in [5.41, 5.74) is -0.689. The van der Waals surface area contributed by atoms with Crippen LogP contribution in [-0.2, 0) is 11.3 Å². The Bertz CT molecular complexity index is 759. The maximum Gasteiger partial charge on any atom is 0.257 e. The summed E-state index contributed by atoms with van der Waals surface area (Å²) in [6, 6.07) is 6.16. The largest absolute Gasteiger partial charge is 0.419 e. The molecule has 8 heteroatoms. The predicted octanol–water partition coefficient (Wildman–Crippen LogP) is 2.96. The first kappa shape index (κ1) is 18.5. The molecule has 3 rings (SSSR count). The Kier molecular flexibility index (Phi) is 6.01. The third-order valence-electron chi connectivity index (χ3n) is 4.51. The van der Waals surface area contributed by atoms with E-state index in [0.29, 0.717) is 18.3 Å². The van der Waals surface area contributed by atoms with Crippen molar-refractivity contribution in [3.05, 3.63) is 23.4 Å². The van der Waals surface area contributed by atoms with Crippen LogP contribution in [-0.4, -0.2) is 39.6 Å². The monoisotopic (exact) mass is 373 g/mol. The second-order valence-electron chi connectivity index (χ2n) is 6.64. The molecule has 0 aromatic carbocycles. The summed E-state index contributed by atoms with van der Waals surface area (Å²) in [4.78, 5) is 15.4. The van der Waals surface area contributed by atoms with Crippen LogP contribution in [0.1, 0.15) is 44.9 Å². The molecule has 2 heterocycles. The van der Waals surface area contributed by atoms with Crippen LogP contribution in [0.4, 0.5) is 0 Å². The van der Waals surface area contributed by atoms with Crippen molar-refractivity contribution >= 4 is 17.2 Å². The normalized spacial score (nSPS) is 15.9. The first-order valence-corrected chi connectivity index (χ1v) is 9.83. The van der Waals surface area contributed by atoms with Crippen LogP contribution in [0.15, 0.2) is 21.9 Å². The molecule has 0 radical (unpaired) electrons. The number of nitrogens with one attached hydrogen (secondary N) is 1. The summed E-state index contributed by atoms with van der Waals surface area (Å²) in [7, 11) is 0. The molecular weight excluding hydrogens is 350 g/mol. The van der Waals surface area contributed by atoms with Crippen LogP contribution < -0.4 is 5.32 Å². The smallest absolute Gasteiger partial charge is 0.257 e. The summed E-state index contributed by atoms with van der Waals surface area (Å²) >= 11 is 1.54. The first-order valence-electron chi connectivity index (χ1n) is 8.95. The van der Waals surface area contributed by atoms with Gasteiger partial charge in [-0.1, -0.05) is 13.0 Å². The van der Waals surface area contributed by atoms with Gasteiger partial charge in [-0.25, -0.2) is 0 Å². The SMILES string of the molecule is CCCN(CC(=O)NC1(C#N)CCCC1)Cc1nnc(-c2cccs2)o1. The third kappa shape index (κ3) is 4.48. The van der Waals surface area contributed by atoms with Gasteiger partial charge in [-0.05, 0) is 50.1 Å². The van der Waals surface area contributed by atoms with Crippen LogP contribution >= 0.6 is 11.3 Å². The van der Waals surface area contributed by atoms with E-state index < -0.39 is 5.54 Å². The van der Waals surface area contributed by atoms with E-state index in [0.717, 1.165) is 43.5 Å². The fraction of sp³-hybridized carbons (Fsp3) is 0.556. The second kappa shape index (κ2) is 8.43. The van der Waals surface area contributed by atoms with E-state index >= 15 is 0 Å². The fourth-order valence-corrected chi connectivity index (χ4v) is 3.94. The third-order valence-corrected chi connectivity index (χ3v) is 5.37. The van der Waals surface area contributed by atoms with Gasteiger partial charge in [0.05, 0.1) is 24.0 Å². The van der Waals surface area contributed by atoms with Gasteiger partial charge in [0.1, 0.15) is 5.54 Å². The number of rotatable bonds is 8. The minimum absolute atomic E-state index is 0.125. The predicted molar refractivity (Wildman–Crippen MR) is 98.1 cm³/mol. The Morgan fingerprint density at radius 2 is 2.27 bits per heavy atom. The van der Waals surface area contributed by atoms with Crippen LogP contribution in [0.2, 0.25) is 0 Å². The topological polar surface area (TPSA) is 95.1 Å². The quantitative estimate of drug-likeness (QED) is 0.764. The lowest BCUT2D eigenvalue weighted by atomic mass is 10.00. The molecule has 1 amide bonds. The van der Waals surface area contributed by atoms with E-state index in [9.17, 15) is 10.1 Å². The van der Waals surface area contributed by atoms with Gasteiger partial charge in [-0.3, -0.25) is 9.69 Å². The minimum Gasteiger partial charge on any atom is -0.419 e. The molecule has 2 aromatic rings. The Morgan fingerprint density at radius 3 is 2.92 bits per heavy atom. The second-order valence-corrected chi connectivity index (χ2v) is 7.59. The van der Waals surface area contributed by atoms with E-state index in [1.165, 1.54) is 0 Å². The fourth-order valence-electron chi connectivity index (χ4n) is 3.29. The van der Waals surface area contributed by atoms with Gasteiger partial charge < -0.3 is 9.73 Å². The number of carbonyl (C=O) groups is 1. The zero-order valence-corrected chi connectivity index (χ0v) is 15.7. The van der Waals surface area contributed by atoms with E-state index in [1.54, 1.807) is 11.3 Å². The molecule has 138 valence electrons. The highest BCUT2D eigenvalue weighted by atomic mass is 32.1. The van der Waals surface area contributed by atoms with Crippen LogP contribution in [0, 0.1) is 11.3 Å². The molecule has 26 heavy (non-hydrogen) atoms. The number of nitriles is 1. The molecular formula is C18H23N5O2S. The molecule has 7 nitrogen and oxygen atoms in total. The summed E-state index contributed by atoms with van der Waals surface area (Å²) in [6.07, 6.45) is 4.34. The van der Waals surface area contributed by atoms with Crippen molar-refractivity contribution in [3.63, 3.8) is 0 Å². The molecule has 0 bridgehead atoms. The highest BCUT2D eigenvalue weighted by Gasteiger charge is 2.35. The van der Waals surface area contributed by atoms with Crippen molar-refractivity contribution < 1.29 is 9.21 Å². The number of hydrogen-bond acceptors (Lipinski definition) is 7. The Balaban J connectivity index is 1.60. The molecule has 1 aliphatic rings. The molecule has 0 spiro atoms. The average Bonchev–Trinajstić information content (AvgIpc) is 3.36. The van der Waals surface area contributed by atoms with E-state index in [4.69, 9.17) is 4.42 Å². The number of thiophene rings is 1. The number of nitrogens with zero attached hydrogens (tertiary/aromatic N) is 4. The van der Waals surface area contributed by atoms with Gasteiger partial charge in [-0.15, -0.1) is 21.5 Å². The number of hydrogen-bond donors (Lipinski definition) is 1.